The number of nitrogens with one attached hydrogen (secondary N) is 2. The van der Waals surface area contributed by atoms with Crippen molar-refractivity contribution in [1.29, 1.82) is 0 Å². The van der Waals surface area contributed by atoms with Gasteiger partial charge in [0.25, 0.3) is 5.56 Å². The van der Waals surface area contributed by atoms with Gasteiger partial charge in [0.1, 0.15) is 5.82 Å². The largest absolute Gasteiger partial charge is 0.433 e. The van der Waals surface area contributed by atoms with Crippen molar-refractivity contribution in [2.45, 2.75) is 37.9 Å². The normalized spacial score (nSPS) is 20.9. The molecule has 0 aliphatic carbocycles. The van der Waals surface area contributed by atoms with Gasteiger partial charge in [-0.25, -0.2) is 4.98 Å². The van der Waals surface area contributed by atoms with E-state index < -0.39 is 17.4 Å². The average molecular weight is 261 g/mol. The van der Waals surface area contributed by atoms with E-state index in [0.717, 1.165) is 25.8 Å². The van der Waals surface area contributed by atoms with Crippen LogP contribution in [0.15, 0.2) is 10.9 Å². The number of nitrogens with zero attached hydrogens (tertiary/aromatic N) is 1. The molecule has 1 unspecified atom stereocenters. The molecule has 18 heavy (non-hydrogen) atoms. The number of aromatic amines is 1. The van der Waals surface area contributed by atoms with Crippen molar-refractivity contribution >= 4 is 0 Å². The Kier molecular flexibility index (Phi) is 3.70. The smallest absolute Gasteiger partial charge is 0.314 e. The summed E-state index contributed by atoms with van der Waals surface area (Å²) < 4.78 is 37.5. The van der Waals surface area contributed by atoms with Crippen LogP contribution in [0.1, 0.15) is 30.8 Å². The molecule has 7 heteroatoms. The highest BCUT2D eigenvalue weighted by Gasteiger charge is 2.33. The molecular weight excluding hydrogens is 247 g/mol. The van der Waals surface area contributed by atoms with Gasteiger partial charge in [0.2, 0.25) is 0 Å². The number of piperidine rings is 1. The second-order valence-corrected chi connectivity index (χ2v) is 4.43. The Morgan fingerprint density at radius 2 is 2.17 bits per heavy atom. The SMILES string of the molecule is O=c1cc(C(F)(F)F)nc(CC2CCCCN2)[nH]1. The van der Waals surface area contributed by atoms with Crippen LogP contribution in [0.3, 0.4) is 0 Å². The number of aromatic nitrogens is 2. The van der Waals surface area contributed by atoms with Gasteiger partial charge in [0.05, 0.1) is 0 Å². The minimum atomic E-state index is -4.58. The molecule has 0 spiro atoms. The molecule has 0 saturated carbocycles. The lowest BCUT2D eigenvalue weighted by Crippen LogP contribution is -2.36. The summed E-state index contributed by atoms with van der Waals surface area (Å²) in [6.45, 7) is 0.855. The summed E-state index contributed by atoms with van der Waals surface area (Å²) >= 11 is 0. The average Bonchev–Trinajstić information content (AvgIpc) is 2.28. The van der Waals surface area contributed by atoms with Crippen LogP contribution in [-0.4, -0.2) is 22.6 Å². The van der Waals surface area contributed by atoms with Gasteiger partial charge in [-0.2, -0.15) is 13.2 Å². The molecule has 0 aromatic carbocycles. The van der Waals surface area contributed by atoms with Crippen molar-refractivity contribution in [2.75, 3.05) is 6.54 Å². The van der Waals surface area contributed by atoms with Crippen molar-refractivity contribution in [1.82, 2.24) is 15.3 Å². The maximum Gasteiger partial charge on any atom is 0.433 e. The third-order valence-corrected chi connectivity index (χ3v) is 2.93. The molecule has 2 rings (SSSR count). The molecule has 1 fully saturated rings. The van der Waals surface area contributed by atoms with E-state index in [1.807, 2.05) is 0 Å². The monoisotopic (exact) mass is 261 g/mol. The van der Waals surface area contributed by atoms with Crippen LogP contribution in [-0.2, 0) is 12.6 Å². The topological polar surface area (TPSA) is 57.8 Å². The number of halogens is 3. The van der Waals surface area contributed by atoms with E-state index >= 15 is 0 Å². The second-order valence-electron chi connectivity index (χ2n) is 4.43. The lowest BCUT2D eigenvalue weighted by Gasteiger charge is -2.22. The van der Waals surface area contributed by atoms with Gasteiger partial charge in [-0.15, -0.1) is 0 Å². The highest BCUT2D eigenvalue weighted by atomic mass is 19.4. The molecule has 1 aromatic heterocycles. The van der Waals surface area contributed by atoms with Crippen LogP contribution in [0.25, 0.3) is 0 Å². The first-order valence-electron chi connectivity index (χ1n) is 5.86. The molecule has 0 amide bonds. The molecule has 0 bridgehead atoms. The summed E-state index contributed by atoms with van der Waals surface area (Å²) in [7, 11) is 0. The van der Waals surface area contributed by atoms with Crippen LogP contribution in [0.2, 0.25) is 0 Å². The first-order valence-corrected chi connectivity index (χ1v) is 5.86. The molecule has 100 valence electrons. The molecule has 0 radical (unpaired) electrons. The van der Waals surface area contributed by atoms with Gasteiger partial charge in [-0.3, -0.25) is 4.79 Å². The van der Waals surface area contributed by atoms with E-state index in [1.165, 1.54) is 0 Å². The highest BCUT2D eigenvalue weighted by molar-refractivity contribution is 5.07. The Morgan fingerprint density at radius 1 is 1.39 bits per heavy atom. The van der Waals surface area contributed by atoms with Crippen LogP contribution in [0.4, 0.5) is 13.2 Å². The fourth-order valence-corrected chi connectivity index (χ4v) is 2.08. The van der Waals surface area contributed by atoms with E-state index in [9.17, 15) is 18.0 Å². The minimum Gasteiger partial charge on any atom is -0.314 e. The van der Waals surface area contributed by atoms with E-state index in [1.54, 1.807) is 0 Å². The van der Waals surface area contributed by atoms with Gasteiger partial charge in [-0.1, -0.05) is 6.42 Å². The lowest BCUT2D eigenvalue weighted by molar-refractivity contribution is -0.141. The Balaban J connectivity index is 2.17. The molecule has 1 saturated heterocycles. The summed E-state index contributed by atoms with van der Waals surface area (Å²) in [5.74, 6) is 0.0919. The highest BCUT2D eigenvalue weighted by Crippen LogP contribution is 2.26. The fraction of sp³-hybridized carbons (Fsp3) is 0.636. The predicted molar refractivity (Wildman–Crippen MR) is 59.2 cm³/mol. The zero-order chi connectivity index (χ0) is 13.2. The van der Waals surface area contributed by atoms with Crippen LogP contribution >= 0.6 is 0 Å². The fourth-order valence-electron chi connectivity index (χ4n) is 2.08. The first-order chi connectivity index (χ1) is 8.45. The van der Waals surface area contributed by atoms with Crippen molar-refractivity contribution < 1.29 is 13.2 Å². The van der Waals surface area contributed by atoms with Crippen molar-refractivity contribution in [3.63, 3.8) is 0 Å². The van der Waals surface area contributed by atoms with Crippen LogP contribution < -0.4 is 10.9 Å². The third kappa shape index (κ3) is 3.32. The zero-order valence-corrected chi connectivity index (χ0v) is 9.68. The summed E-state index contributed by atoms with van der Waals surface area (Å²) in [5, 5.41) is 3.20. The maximum absolute atomic E-state index is 12.5. The Bertz CT molecular complexity index is 463. The van der Waals surface area contributed by atoms with Gasteiger partial charge in [-0.05, 0) is 19.4 Å². The summed E-state index contributed by atoms with van der Waals surface area (Å²) in [5.41, 5.74) is -1.89. The molecule has 2 N–H and O–H groups in total. The summed E-state index contributed by atoms with van der Waals surface area (Å²) in [4.78, 5) is 17.0. The van der Waals surface area contributed by atoms with E-state index in [4.69, 9.17) is 0 Å². The molecular formula is C11H14F3N3O. The van der Waals surface area contributed by atoms with Crippen LogP contribution in [0.5, 0.6) is 0 Å². The second kappa shape index (κ2) is 5.09. The van der Waals surface area contributed by atoms with Gasteiger partial charge in [0, 0.05) is 18.5 Å². The van der Waals surface area contributed by atoms with E-state index in [2.05, 4.69) is 15.3 Å². The molecule has 4 nitrogen and oxygen atoms in total. The van der Waals surface area contributed by atoms with E-state index in [-0.39, 0.29) is 11.9 Å². The van der Waals surface area contributed by atoms with Crippen molar-refractivity contribution in [3.05, 3.63) is 27.9 Å². The summed E-state index contributed by atoms with van der Waals surface area (Å²) in [6.07, 6.45) is -1.26. The Morgan fingerprint density at radius 3 is 2.78 bits per heavy atom. The molecule has 1 aliphatic rings. The number of alkyl halides is 3. The summed E-state index contributed by atoms with van der Waals surface area (Å²) in [6, 6.07) is 0.572. The van der Waals surface area contributed by atoms with E-state index in [0.29, 0.717) is 12.5 Å². The maximum atomic E-state index is 12.5. The van der Waals surface area contributed by atoms with Crippen molar-refractivity contribution in [2.24, 2.45) is 0 Å². The molecule has 1 aliphatic heterocycles. The number of hydrogen-bond donors (Lipinski definition) is 2. The van der Waals surface area contributed by atoms with Gasteiger partial charge < -0.3 is 10.3 Å². The van der Waals surface area contributed by atoms with Crippen LogP contribution in [0, 0.1) is 0 Å². The third-order valence-electron chi connectivity index (χ3n) is 2.93. The Labute approximate surface area is 102 Å². The predicted octanol–water partition coefficient (Wildman–Crippen LogP) is 1.47. The first kappa shape index (κ1) is 13.1. The van der Waals surface area contributed by atoms with Crippen molar-refractivity contribution in [3.8, 4) is 0 Å². The molecule has 1 aromatic rings. The number of hydrogen-bond acceptors (Lipinski definition) is 3. The minimum absolute atomic E-state index is 0.0883. The quantitative estimate of drug-likeness (QED) is 0.847. The molecule has 2 heterocycles. The number of rotatable bonds is 2. The standard InChI is InChI=1S/C11H14F3N3O/c12-11(13,14)8-6-10(18)17-9(16-8)5-7-3-1-2-4-15-7/h6-7,15H,1-5H2,(H,16,17,18). The molecule has 1 atom stereocenters. The lowest BCUT2D eigenvalue weighted by atomic mass is 10.0. The van der Waals surface area contributed by atoms with Gasteiger partial charge >= 0.3 is 6.18 Å². The zero-order valence-electron chi connectivity index (χ0n) is 9.68. The number of H-pyrrole nitrogens is 1. The van der Waals surface area contributed by atoms with Gasteiger partial charge in [0.15, 0.2) is 5.69 Å². The Hall–Kier alpha value is -1.37.